The second-order valence-electron chi connectivity index (χ2n) is 10.2. The van der Waals surface area contributed by atoms with Crippen molar-refractivity contribution in [3.8, 4) is 0 Å². The van der Waals surface area contributed by atoms with Gasteiger partial charge in [0.2, 0.25) is 0 Å². The molecule has 0 aromatic rings. The number of fused-ring (bicyclic) bond motifs is 7. The molecular weight excluding hydrogens is 312 g/mol. The van der Waals surface area contributed by atoms with Gasteiger partial charge in [-0.05, 0) is 81.6 Å². The number of epoxide rings is 1. The topological polar surface area (TPSA) is 46.7 Å². The van der Waals surface area contributed by atoms with Crippen molar-refractivity contribution in [1.82, 2.24) is 0 Å². The van der Waals surface area contributed by atoms with Gasteiger partial charge in [-0.15, -0.1) is 0 Å². The Morgan fingerprint density at radius 3 is 2.60 bits per heavy atom. The van der Waals surface area contributed by atoms with Crippen molar-refractivity contribution in [2.75, 3.05) is 0 Å². The zero-order valence-corrected chi connectivity index (χ0v) is 16.0. The molecule has 0 aromatic carbocycles. The van der Waals surface area contributed by atoms with Crippen molar-refractivity contribution in [2.24, 2.45) is 28.6 Å². The van der Waals surface area contributed by atoms with Crippen LogP contribution in [0.1, 0.15) is 72.6 Å². The lowest BCUT2D eigenvalue weighted by Crippen LogP contribution is -2.54. The lowest BCUT2D eigenvalue weighted by molar-refractivity contribution is -0.137. The number of carbonyl (C=O) groups excluding carboxylic acids is 2. The summed E-state index contributed by atoms with van der Waals surface area (Å²) >= 11 is 0. The van der Waals surface area contributed by atoms with E-state index in [2.05, 4.69) is 20.8 Å². The second-order valence-corrected chi connectivity index (χ2v) is 10.2. The molecular formula is C22H30O3. The van der Waals surface area contributed by atoms with E-state index in [1.54, 1.807) is 6.92 Å². The van der Waals surface area contributed by atoms with Crippen molar-refractivity contribution in [1.29, 1.82) is 0 Å². The first-order valence-electron chi connectivity index (χ1n) is 10.1. The molecule has 136 valence electrons. The molecule has 0 radical (unpaired) electrons. The van der Waals surface area contributed by atoms with Crippen LogP contribution in [0.3, 0.4) is 0 Å². The standard InChI is InChI=1S/C22H30O3/c1-13(23)22-20(3)10-8-17-16(18(20)12-21(22,4)25-22)6-5-14-11-15(24)7-9-19(14,17)2/h11,16-18H,5-10,12H2,1-4H3/t16-,17+,18-,19+,20+,21+,22-/m1/s1. The number of allylic oxidation sites excluding steroid dienone is 1. The molecule has 1 heterocycles. The zero-order valence-electron chi connectivity index (χ0n) is 16.0. The summed E-state index contributed by atoms with van der Waals surface area (Å²) in [4.78, 5) is 24.5. The van der Waals surface area contributed by atoms with Crippen LogP contribution in [-0.4, -0.2) is 22.8 Å². The maximum Gasteiger partial charge on any atom is 0.165 e. The minimum atomic E-state index is -0.519. The fraction of sp³-hybridized carbons (Fsp3) is 0.818. The Kier molecular flexibility index (Phi) is 2.90. The van der Waals surface area contributed by atoms with E-state index < -0.39 is 5.60 Å². The normalized spacial score (nSPS) is 56.2. The maximum atomic E-state index is 12.6. The first kappa shape index (κ1) is 16.2. The highest BCUT2D eigenvalue weighted by atomic mass is 16.6. The summed E-state index contributed by atoms with van der Waals surface area (Å²) in [6, 6.07) is 0. The van der Waals surface area contributed by atoms with Crippen molar-refractivity contribution in [3.63, 3.8) is 0 Å². The van der Waals surface area contributed by atoms with Gasteiger partial charge in [-0.2, -0.15) is 0 Å². The average Bonchev–Trinajstić information content (AvgIpc) is 3.13. The van der Waals surface area contributed by atoms with Crippen LogP contribution in [-0.2, 0) is 14.3 Å². The summed E-state index contributed by atoms with van der Waals surface area (Å²) < 4.78 is 6.18. The largest absolute Gasteiger partial charge is 0.354 e. The van der Waals surface area contributed by atoms with E-state index in [0.29, 0.717) is 30.0 Å². The van der Waals surface area contributed by atoms with Gasteiger partial charge >= 0.3 is 0 Å². The van der Waals surface area contributed by atoms with Gasteiger partial charge < -0.3 is 4.74 Å². The molecule has 0 unspecified atom stereocenters. The lowest BCUT2D eigenvalue weighted by Gasteiger charge is -2.58. The van der Waals surface area contributed by atoms with E-state index >= 15 is 0 Å². The summed E-state index contributed by atoms with van der Waals surface area (Å²) in [5.74, 6) is 2.50. The van der Waals surface area contributed by atoms with Crippen LogP contribution in [0.15, 0.2) is 11.6 Å². The third kappa shape index (κ3) is 1.63. The van der Waals surface area contributed by atoms with E-state index in [-0.39, 0.29) is 22.2 Å². The van der Waals surface area contributed by atoms with Crippen molar-refractivity contribution in [2.45, 2.75) is 83.8 Å². The van der Waals surface area contributed by atoms with Crippen LogP contribution in [0.25, 0.3) is 0 Å². The van der Waals surface area contributed by atoms with Crippen LogP contribution >= 0.6 is 0 Å². The van der Waals surface area contributed by atoms with Crippen molar-refractivity contribution < 1.29 is 14.3 Å². The molecule has 7 atom stereocenters. The Hall–Kier alpha value is -0.960. The number of ketones is 2. The summed E-state index contributed by atoms with van der Waals surface area (Å²) in [6.45, 7) is 8.66. The molecule has 0 amide bonds. The van der Waals surface area contributed by atoms with E-state index in [1.165, 1.54) is 18.4 Å². The monoisotopic (exact) mass is 342 g/mol. The summed E-state index contributed by atoms with van der Waals surface area (Å²) in [6.07, 6.45) is 9.26. The Bertz CT molecular complexity index is 723. The Balaban J connectivity index is 1.54. The van der Waals surface area contributed by atoms with Crippen LogP contribution < -0.4 is 0 Å². The van der Waals surface area contributed by atoms with Crippen molar-refractivity contribution in [3.05, 3.63) is 11.6 Å². The van der Waals surface area contributed by atoms with Gasteiger partial charge in [-0.1, -0.05) is 19.4 Å². The highest BCUT2D eigenvalue weighted by Crippen LogP contribution is 2.77. The number of hydrogen-bond acceptors (Lipinski definition) is 3. The fourth-order valence-electron chi connectivity index (χ4n) is 8.18. The van der Waals surface area contributed by atoms with Crippen LogP contribution in [0.5, 0.6) is 0 Å². The Labute approximate surface area is 150 Å². The molecule has 25 heavy (non-hydrogen) atoms. The highest BCUT2D eigenvalue weighted by molar-refractivity contribution is 5.92. The molecule has 5 rings (SSSR count). The Morgan fingerprint density at radius 1 is 1.12 bits per heavy atom. The molecule has 1 saturated heterocycles. The molecule has 0 bridgehead atoms. The molecule has 0 aromatic heterocycles. The van der Waals surface area contributed by atoms with Crippen LogP contribution in [0, 0.1) is 28.6 Å². The number of carbonyl (C=O) groups is 2. The van der Waals surface area contributed by atoms with Gasteiger partial charge in [0.05, 0.1) is 0 Å². The molecule has 3 heteroatoms. The predicted molar refractivity (Wildman–Crippen MR) is 95.0 cm³/mol. The van der Waals surface area contributed by atoms with E-state index in [4.69, 9.17) is 4.74 Å². The minimum absolute atomic E-state index is 0.00316. The molecule has 1 aliphatic heterocycles. The Morgan fingerprint density at radius 2 is 1.88 bits per heavy atom. The summed E-state index contributed by atoms with van der Waals surface area (Å²) in [7, 11) is 0. The third-order valence-electron chi connectivity index (χ3n) is 9.34. The minimum Gasteiger partial charge on any atom is -0.354 e. The zero-order chi connectivity index (χ0) is 17.8. The average molecular weight is 342 g/mol. The molecule has 5 aliphatic rings. The SMILES string of the molecule is CC(=O)[C@]12O[C@@]1(C)C[C@@H]1[C@@H]3CCC4=CC(=O)CC[C@]4(C)[C@H]3CC[C@@]12C. The van der Waals surface area contributed by atoms with Crippen LogP contribution in [0.2, 0.25) is 0 Å². The first-order valence-corrected chi connectivity index (χ1v) is 10.1. The third-order valence-corrected chi connectivity index (χ3v) is 9.34. The van der Waals surface area contributed by atoms with Gasteiger partial charge in [0.15, 0.2) is 17.2 Å². The first-order chi connectivity index (χ1) is 11.7. The fourth-order valence-corrected chi connectivity index (χ4v) is 8.18. The number of rotatable bonds is 1. The maximum absolute atomic E-state index is 12.6. The summed E-state index contributed by atoms with van der Waals surface area (Å²) in [5.41, 5.74) is 0.870. The molecule has 0 N–H and O–H groups in total. The molecule has 3 nitrogen and oxygen atoms in total. The number of hydrogen-bond donors (Lipinski definition) is 0. The van der Waals surface area contributed by atoms with Gasteiger partial charge in [0.1, 0.15) is 5.60 Å². The second kappa shape index (κ2) is 4.47. The van der Waals surface area contributed by atoms with E-state index in [1.807, 2.05) is 6.08 Å². The summed E-state index contributed by atoms with van der Waals surface area (Å²) in [5, 5.41) is 0. The van der Waals surface area contributed by atoms with Gasteiger partial charge in [-0.3, -0.25) is 9.59 Å². The quantitative estimate of drug-likeness (QED) is 0.670. The molecule has 4 fully saturated rings. The molecule has 3 saturated carbocycles. The highest BCUT2D eigenvalue weighted by Gasteiger charge is 2.85. The van der Waals surface area contributed by atoms with Crippen molar-refractivity contribution >= 4 is 11.6 Å². The van der Waals surface area contributed by atoms with Gasteiger partial charge in [-0.25, -0.2) is 0 Å². The molecule has 0 spiro atoms. The molecule has 4 aliphatic carbocycles. The van der Waals surface area contributed by atoms with E-state index in [0.717, 1.165) is 25.7 Å². The lowest BCUT2D eigenvalue weighted by atomic mass is 9.46. The van der Waals surface area contributed by atoms with Crippen LogP contribution in [0.4, 0.5) is 0 Å². The van der Waals surface area contributed by atoms with Gasteiger partial charge in [0.25, 0.3) is 0 Å². The number of ether oxygens (including phenoxy) is 1. The number of Topliss-reactive ketones (excluding diaryl/α,β-unsaturated/α-hetero) is 1. The van der Waals surface area contributed by atoms with E-state index in [9.17, 15) is 9.59 Å². The predicted octanol–water partition coefficient (Wildman–Crippen LogP) is 4.24. The smallest absolute Gasteiger partial charge is 0.165 e. The van der Waals surface area contributed by atoms with Gasteiger partial charge in [0, 0.05) is 11.8 Å².